The van der Waals surface area contributed by atoms with Gasteiger partial charge in [-0.15, -0.1) is 10.2 Å². The van der Waals surface area contributed by atoms with Crippen molar-refractivity contribution in [2.75, 3.05) is 0 Å². The summed E-state index contributed by atoms with van der Waals surface area (Å²) < 4.78 is 10.4. The topological polar surface area (TPSA) is 108 Å². The molecule has 0 saturated heterocycles. The number of rotatable bonds is 5. The number of esters is 1. The van der Waals surface area contributed by atoms with Crippen LogP contribution in [0.5, 0.6) is 0 Å². The van der Waals surface area contributed by atoms with Gasteiger partial charge in [-0.05, 0) is 36.4 Å². The highest BCUT2D eigenvalue weighted by molar-refractivity contribution is 6.31. The van der Waals surface area contributed by atoms with Crippen molar-refractivity contribution in [3.63, 3.8) is 0 Å². The number of carbonyl (C=O) groups is 1. The second-order valence-corrected chi connectivity index (χ2v) is 5.88. The second kappa shape index (κ2) is 7.51. The molecule has 0 aliphatic heterocycles. The number of aromatic nitrogens is 2. The van der Waals surface area contributed by atoms with Gasteiger partial charge in [-0.25, -0.2) is 4.79 Å². The third-order valence-corrected chi connectivity index (χ3v) is 3.75. The van der Waals surface area contributed by atoms with Crippen molar-refractivity contribution >= 4 is 34.9 Å². The fourth-order valence-corrected chi connectivity index (χ4v) is 2.36. The van der Waals surface area contributed by atoms with Gasteiger partial charge in [0.1, 0.15) is 5.56 Å². The molecule has 0 aliphatic rings. The van der Waals surface area contributed by atoms with E-state index in [1.807, 2.05) is 0 Å². The summed E-state index contributed by atoms with van der Waals surface area (Å²) in [6.45, 7) is -0.344. The van der Waals surface area contributed by atoms with Crippen LogP contribution in [0.15, 0.2) is 46.9 Å². The van der Waals surface area contributed by atoms with Crippen LogP contribution in [0.1, 0.15) is 16.2 Å². The molecule has 0 spiro atoms. The van der Waals surface area contributed by atoms with Crippen molar-refractivity contribution < 1.29 is 18.9 Å². The number of ether oxygens (including phenoxy) is 1. The molecular formula is C16H9Cl2N3O5. The Bertz CT molecular complexity index is 972. The van der Waals surface area contributed by atoms with E-state index in [9.17, 15) is 14.9 Å². The zero-order valence-corrected chi connectivity index (χ0v) is 14.4. The molecule has 26 heavy (non-hydrogen) atoms. The summed E-state index contributed by atoms with van der Waals surface area (Å²) >= 11 is 11.6. The maximum atomic E-state index is 12.1. The third-order valence-electron chi connectivity index (χ3n) is 3.26. The first-order valence-electron chi connectivity index (χ1n) is 7.13. The molecule has 2 aromatic carbocycles. The quantitative estimate of drug-likeness (QED) is 0.360. The van der Waals surface area contributed by atoms with Crippen LogP contribution < -0.4 is 0 Å². The second-order valence-electron chi connectivity index (χ2n) is 5.00. The molecule has 0 fully saturated rings. The fraction of sp³-hybridized carbons (Fsp3) is 0.0625. The van der Waals surface area contributed by atoms with Crippen LogP contribution in [0, 0.1) is 10.1 Å². The Kier molecular flexibility index (Phi) is 5.15. The molecule has 3 aromatic rings. The van der Waals surface area contributed by atoms with E-state index < -0.39 is 16.6 Å². The number of halogens is 2. The molecular weight excluding hydrogens is 385 g/mol. The zero-order valence-electron chi connectivity index (χ0n) is 12.9. The summed E-state index contributed by atoms with van der Waals surface area (Å²) in [5, 5.41) is 19.3. The first-order valence-corrected chi connectivity index (χ1v) is 7.89. The van der Waals surface area contributed by atoms with E-state index in [2.05, 4.69) is 10.2 Å². The van der Waals surface area contributed by atoms with Gasteiger partial charge in [0.2, 0.25) is 5.89 Å². The predicted molar refractivity (Wildman–Crippen MR) is 92.0 cm³/mol. The molecule has 132 valence electrons. The fourth-order valence-electron chi connectivity index (χ4n) is 2.06. The summed E-state index contributed by atoms with van der Waals surface area (Å²) in [4.78, 5) is 22.4. The summed E-state index contributed by atoms with van der Waals surface area (Å²) in [5.41, 5.74) is -0.0309. The van der Waals surface area contributed by atoms with E-state index in [4.69, 9.17) is 32.4 Å². The maximum Gasteiger partial charge on any atom is 0.345 e. The van der Waals surface area contributed by atoms with E-state index in [1.165, 1.54) is 6.07 Å². The van der Waals surface area contributed by atoms with Gasteiger partial charge < -0.3 is 9.15 Å². The van der Waals surface area contributed by atoms with E-state index in [1.54, 1.807) is 24.3 Å². The van der Waals surface area contributed by atoms with Crippen molar-refractivity contribution in [2.45, 2.75) is 6.61 Å². The molecule has 0 atom stereocenters. The lowest BCUT2D eigenvalue weighted by molar-refractivity contribution is -0.385. The van der Waals surface area contributed by atoms with Crippen LogP contribution in [0.2, 0.25) is 10.0 Å². The smallest absolute Gasteiger partial charge is 0.345 e. The average molecular weight is 394 g/mol. The first-order chi connectivity index (χ1) is 12.4. The monoisotopic (exact) mass is 393 g/mol. The van der Waals surface area contributed by atoms with Crippen LogP contribution in [0.4, 0.5) is 5.69 Å². The van der Waals surface area contributed by atoms with E-state index in [-0.39, 0.29) is 29.0 Å². The van der Waals surface area contributed by atoms with Gasteiger partial charge in [0.25, 0.3) is 11.6 Å². The Morgan fingerprint density at radius 2 is 1.81 bits per heavy atom. The molecule has 10 heteroatoms. The van der Waals surface area contributed by atoms with Crippen LogP contribution in [0.3, 0.4) is 0 Å². The summed E-state index contributed by atoms with van der Waals surface area (Å²) in [6, 6.07) is 10.3. The van der Waals surface area contributed by atoms with Crippen LogP contribution in [-0.2, 0) is 11.3 Å². The van der Waals surface area contributed by atoms with E-state index >= 15 is 0 Å². The van der Waals surface area contributed by atoms with Crippen molar-refractivity contribution in [3.05, 3.63) is 74.1 Å². The molecule has 1 aromatic heterocycles. The standard InChI is InChI=1S/C16H9Cl2N3O5/c17-10-3-1-9(2-4-10)15-20-19-14(26-15)8-25-16(22)12-7-11(18)5-6-13(12)21(23)24/h1-7H,8H2. The molecule has 0 aliphatic carbocycles. The van der Waals surface area contributed by atoms with Crippen molar-refractivity contribution in [1.29, 1.82) is 0 Å². The largest absolute Gasteiger partial charge is 0.452 e. The van der Waals surface area contributed by atoms with Gasteiger partial charge in [-0.1, -0.05) is 23.2 Å². The lowest BCUT2D eigenvalue weighted by Crippen LogP contribution is -2.08. The first kappa shape index (κ1) is 17.8. The normalized spacial score (nSPS) is 10.5. The zero-order chi connectivity index (χ0) is 18.7. The van der Waals surface area contributed by atoms with Crippen LogP contribution in [-0.4, -0.2) is 21.1 Å². The van der Waals surface area contributed by atoms with Gasteiger partial charge in [0, 0.05) is 21.7 Å². The van der Waals surface area contributed by atoms with Crippen LogP contribution in [0.25, 0.3) is 11.5 Å². The highest BCUT2D eigenvalue weighted by Crippen LogP contribution is 2.24. The van der Waals surface area contributed by atoms with Gasteiger partial charge in [-0.3, -0.25) is 10.1 Å². The Labute approximate surface area is 156 Å². The minimum atomic E-state index is -0.926. The molecule has 1 heterocycles. The minimum Gasteiger partial charge on any atom is -0.452 e. The summed E-state index contributed by atoms with van der Waals surface area (Å²) in [6.07, 6.45) is 0. The number of benzene rings is 2. The minimum absolute atomic E-state index is 0.0352. The molecule has 0 bridgehead atoms. The van der Waals surface area contributed by atoms with E-state index in [0.717, 1.165) is 12.1 Å². The van der Waals surface area contributed by atoms with Gasteiger partial charge in [0.05, 0.1) is 4.92 Å². The van der Waals surface area contributed by atoms with Gasteiger partial charge >= 0.3 is 5.97 Å². The molecule has 0 radical (unpaired) electrons. The van der Waals surface area contributed by atoms with Gasteiger partial charge in [0.15, 0.2) is 6.61 Å². The average Bonchev–Trinajstić information content (AvgIpc) is 3.09. The summed E-state index contributed by atoms with van der Waals surface area (Å²) in [5.74, 6) is -0.667. The number of nitro benzene ring substituents is 1. The Morgan fingerprint density at radius 1 is 1.12 bits per heavy atom. The molecule has 0 unspecified atom stereocenters. The molecule has 0 saturated carbocycles. The number of nitro groups is 1. The SMILES string of the molecule is O=C(OCc1nnc(-c2ccc(Cl)cc2)o1)c1cc(Cl)ccc1[N+](=O)[O-]. The molecule has 0 N–H and O–H groups in total. The lowest BCUT2D eigenvalue weighted by atomic mass is 10.2. The highest BCUT2D eigenvalue weighted by Gasteiger charge is 2.22. The highest BCUT2D eigenvalue weighted by atomic mass is 35.5. The van der Waals surface area contributed by atoms with Crippen molar-refractivity contribution in [3.8, 4) is 11.5 Å². The maximum absolute atomic E-state index is 12.1. The molecule has 8 nitrogen and oxygen atoms in total. The summed E-state index contributed by atoms with van der Waals surface area (Å²) in [7, 11) is 0. The third kappa shape index (κ3) is 3.98. The van der Waals surface area contributed by atoms with E-state index in [0.29, 0.717) is 10.6 Å². The number of nitrogens with zero attached hydrogens (tertiary/aromatic N) is 3. The molecule has 3 rings (SSSR count). The number of hydrogen-bond donors (Lipinski definition) is 0. The number of carbonyl (C=O) groups excluding carboxylic acids is 1. The predicted octanol–water partition coefficient (Wildman–Crippen LogP) is 4.31. The van der Waals surface area contributed by atoms with Crippen LogP contribution >= 0.6 is 23.2 Å². The molecule has 0 amide bonds. The Morgan fingerprint density at radius 3 is 2.50 bits per heavy atom. The van der Waals surface area contributed by atoms with Gasteiger partial charge in [-0.2, -0.15) is 0 Å². The van der Waals surface area contributed by atoms with Crippen molar-refractivity contribution in [1.82, 2.24) is 10.2 Å². The Balaban J connectivity index is 1.72. The Hall–Kier alpha value is -2.97. The van der Waals surface area contributed by atoms with Crippen molar-refractivity contribution in [2.24, 2.45) is 0 Å². The lowest BCUT2D eigenvalue weighted by Gasteiger charge is -2.03. The number of hydrogen-bond acceptors (Lipinski definition) is 7.